The van der Waals surface area contributed by atoms with Crippen LogP contribution in [0.15, 0.2) is 47.4 Å². The van der Waals surface area contributed by atoms with Gasteiger partial charge < -0.3 is 15.2 Å². The second kappa shape index (κ2) is 8.68. The molecule has 3 N–H and O–H groups in total. The molecule has 0 saturated heterocycles. The molecule has 0 spiro atoms. The number of rotatable bonds is 9. The molecule has 0 saturated carbocycles. The largest absolute Gasteiger partial charge is 0.493 e. The van der Waals surface area contributed by atoms with Crippen molar-refractivity contribution in [1.82, 2.24) is 0 Å². The van der Waals surface area contributed by atoms with Crippen molar-refractivity contribution in [3.63, 3.8) is 0 Å². The number of hydrogen-bond acceptors (Lipinski definition) is 5. The molecule has 0 aliphatic rings. The second-order valence-corrected chi connectivity index (χ2v) is 7.29. The Morgan fingerprint density at radius 3 is 2.62 bits per heavy atom. The van der Waals surface area contributed by atoms with E-state index in [-0.39, 0.29) is 16.2 Å². The molecule has 0 aromatic heterocycles. The molecule has 0 bridgehead atoms. The lowest BCUT2D eigenvalue weighted by Gasteiger charge is -2.13. The van der Waals surface area contributed by atoms with Crippen molar-refractivity contribution in [3.8, 4) is 5.75 Å². The van der Waals surface area contributed by atoms with Crippen molar-refractivity contribution < 1.29 is 22.7 Å². The van der Waals surface area contributed by atoms with Crippen molar-refractivity contribution in [2.24, 2.45) is 5.73 Å². The van der Waals surface area contributed by atoms with Gasteiger partial charge in [-0.25, -0.2) is 8.42 Å². The molecule has 2 rings (SSSR count). The van der Waals surface area contributed by atoms with Crippen LogP contribution < -0.4 is 15.2 Å². The van der Waals surface area contributed by atoms with E-state index < -0.39 is 15.9 Å². The molecule has 140 valence electrons. The summed E-state index contributed by atoms with van der Waals surface area (Å²) in [7, 11) is -2.33. The summed E-state index contributed by atoms with van der Waals surface area (Å²) >= 11 is 0. The summed E-state index contributed by atoms with van der Waals surface area (Å²) in [6, 6.07) is 10.9. The first-order valence-electron chi connectivity index (χ1n) is 8.04. The molecule has 0 unspecified atom stereocenters. The monoisotopic (exact) mass is 378 g/mol. The number of hydrogen-bond donors (Lipinski definition) is 2. The first-order valence-corrected chi connectivity index (χ1v) is 9.53. The molecule has 2 aromatic carbocycles. The van der Waals surface area contributed by atoms with Crippen LogP contribution in [0.25, 0.3) is 0 Å². The quantitative estimate of drug-likeness (QED) is 0.697. The van der Waals surface area contributed by atoms with Crippen LogP contribution in [0.3, 0.4) is 0 Å². The van der Waals surface area contributed by atoms with Gasteiger partial charge in [0.2, 0.25) is 0 Å². The molecular formula is C18H22N2O5S. The lowest BCUT2D eigenvalue weighted by molar-refractivity contribution is 0.0996. The zero-order chi connectivity index (χ0) is 19.2. The lowest BCUT2D eigenvalue weighted by atomic mass is 10.2. The van der Waals surface area contributed by atoms with Crippen LogP contribution in [0.5, 0.6) is 5.75 Å². The fourth-order valence-electron chi connectivity index (χ4n) is 2.31. The topological polar surface area (TPSA) is 108 Å². The average molecular weight is 378 g/mol. The van der Waals surface area contributed by atoms with E-state index in [0.717, 1.165) is 12.0 Å². The first-order chi connectivity index (χ1) is 12.4. The van der Waals surface area contributed by atoms with Gasteiger partial charge in [-0.15, -0.1) is 0 Å². The van der Waals surface area contributed by atoms with Crippen LogP contribution in [-0.4, -0.2) is 28.0 Å². The number of carbonyl (C=O) groups is 1. The molecule has 0 radical (unpaired) electrons. The van der Waals surface area contributed by atoms with E-state index in [1.54, 1.807) is 25.3 Å². The van der Waals surface area contributed by atoms with E-state index in [1.807, 2.05) is 13.0 Å². The fourth-order valence-corrected chi connectivity index (χ4v) is 3.39. The molecule has 8 heteroatoms. The van der Waals surface area contributed by atoms with E-state index >= 15 is 0 Å². The molecule has 0 heterocycles. The Hall–Kier alpha value is -2.58. The maximum atomic E-state index is 12.6. The van der Waals surface area contributed by atoms with Gasteiger partial charge in [0, 0.05) is 12.8 Å². The highest BCUT2D eigenvalue weighted by atomic mass is 32.2. The molecule has 1 amide bonds. The predicted octanol–water partition coefficient (Wildman–Crippen LogP) is 2.52. The summed E-state index contributed by atoms with van der Waals surface area (Å²) in [6.07, 6.45) is 0.748. The van der Waals surface area contributed by atoms with Gasteiger partial charge in [0.1, 0.15) is 5.75 Å². The summed E-state index contributed by atoms with van der Waals surface area (Å²) in [5.41, 5.74) is 6.60. The van der Waals surface area contributed by atoms with Crippen molar-refractivity contribution >= 4 is 21.6 Å². The van der Waals surface area contributed by atoms with Gasteiger partial charge in [-0.3, -0.25) is 9.52 Å². The van der Waals surface area contributed by atoms with E-state index in [2.05, 4.69) is 4.72 Å². The van der Waals surface area contributed by atoms with Gasteiger partial charge in [0.25, 0.3) is 15.9 Å². The van der Waals surface area contributed by atoms with Crippen LogP contribution >= 0.6 is 0 Å². The molecule has 7 nitrogen and oxygen atoms in total. The zero-order valence-electron chi connectivity index (χ0n) is 14.7. The third kappa shape index (κ3) is 4.96. The minimum atomic E-state index is -3.89. The highest BCUT2D eigenvalue weighted by molar-refractivity contribution is 7.92. The SMILES string of the molecule is CCCOc1ccc(S(=O)(=O)Nc2cccc(COC)c2)cc1C(N)=O. The summed E-state index contributed by atoms with van der Waals surface area (Å²) < 4.78 is 38.2. The second-order valence-electron chi connectivity index (χ2n) is 5.61. The number of amides is 1. The number of sulfonamides is 1. The maximum Gasteiger partial charge on any atom is 0.261 e. The molecule has 0 aliphatic heterocycles. The van der Waals surface area contributed by atoms with Crippen LogP contribution in [-0.2, 0) is 21.4 Å². The van der Waals surface area contributed by atoms with Gasteiger partial charge in [-0.1, -0.05) is 19.1 Å². The summed E-state index contributed by atoms with van der Waals surface area (Å²) in [4.78, 5) is 11.6. The Balaban J connectivity index is 2.32. The zero-order valence-corrected chi connectivity index (χ0v) is 15.5. The molecular weight excluding hydrogens is 356 g/mol. The van der Waals surface area contributed by atoms with Gasteiger partial charge in [0.15, 0.2) is 0 Å². The van der Waals surface area contributed by atoms with Gasteiger partial charge in [0.05, 0.1) is 23.7 Å². The maximum absolute atomic E-state index is 12.6. The Kier molecular flexibility index (Phi) is 6.59. The standard InChI is InChI=1S/C18H22N2O5S/c1-3-9-25-17-8-7-15(11-16(17)18(19)21)26(22,23)20-14-6-4-5-13(10-14)12-24-2/h4-8,10-11,20H,3,9,12H2,1-2H3,(H2,19,21). The normalized spacial score (nSPS) is 11.2. The summed E-state index contributed by atoms with van der Waals surface area (Å²) in [5, 5.41) is 0. The number of ether oxygens (including phenoxy) is 2. The molecule has 0 fully saturated rings. The van der Waals surface area contributed by atoms with Crippen molar-refractivity contribution in [1.29, 1.82) is 0 Å². The number of primary amides is 1. The van der Waals surface area contributed by atoms with Crippen LogP contribution in [0.4, 0.5) is 5.69 Å². The van der Waals surface area contributed by atoms with Crippen LogP contribution in [0, 0.1) is 0 Å². The van der Waals surface area contributed by atoms with Gasteiger partial charge in [-0.2, -0.15) is 0 Å². The van der Waals surface area contributed by atoms with E-state index in [9.17, 15) is 13.2 Å². The van der Waals surface area contributed by atoms with Crippen molar-refractivity contribution in [2.75, 3.05) is 18.4 Å². The van der Waals surface area contributed by atoms with Gasteiger partial charge >= 0.3 is 0 Å². The van der Waals surface area contributed by atoms with Gasteiger partial charge in [-0.05, 0) is 42.3 Å². The molecule has 0 aliphatic carbocycles. The highest BCUT2D eigenvalue weighted by Crippen LogP contribution is 2.24. The average Bonchev–Trinajstić information content (AvgIpc) is 2.60. The molecule has 2 aromatic rings. The molecule has 0 atom stereocenters. The first kappa shape index (κ1) is 19.7. The number of nitrogens with one attached hydrogen (secondary N) is 1. The fraction of sp³-hybridized carbons (Fsp3) is 0.278. The smallest absolute Gasteiger partial charge is 0.261 e. The number of benzene rings is 2. The predicted molar refractivity (Wildman–Crippen MR) is 98.7 cm³/mol. The highest BCUT2D eigenvalue weighted by Gasteiger charge is 2.19. The number of nitrogens with two attached hydrogens (primary N) is 1. The summed E-state index contributed by atoms with van der Waals surface area (Å²) in [6.45, 7) is 2.69. The third-order valence-electron chi connectivity index (χ3n) is 3.48. The van der Waals surface area contributed by atoms with E-state index in [4.69, 9.17) is 15.2 Å². The number of carbonyl (C=O) groups excluding carboxylic acids is 1. The Morgan fingerprint density at radius 1 is 1.19 bits per heavy atom. The Labute approximate surface area is 153 Å². The third-order valence-corrected chi connectivity index (χ3v) is 4.86. The minimum absolute atomic E-state index is 0.0226. The lowest BCUT2D eigenvalue weighted by Crippen LogP contribution is -2.17. The minimum Gasteiger partial charge on any atom is -0.493 e. The summed E-state index contributed by atoms with van der Waals surface area (Å²) in [5.74, 6) is -0.490. The van der Waals surface area contributed by atoms with Crippen molar-refractivity contribution in [3.05, 3.63) is 53.6 Å². The Morgan fingerprint density at radius 2 is 1.96 bits per heavy atom. The molecule has 26 heavy (non-hydrogen) atoms. The Bertz CT molecular complexity index is 881. The number of methoxy groups -OCH3 is 1. The van der Waals surface area contributed by atoms with E-state index in [1.165, 1.54) is 18.2 Å². The van der Waals surface area contributed by atoms with Crippen LogP contribution in [0.2, 0.25) is 0 Å². The van der Waals surface area contributed by atoms with Crippen molar-refractivity contribution in [2.45, 2.75) is 24.8 Å². The van der Waals surface area contributed by atoms with Crippen LogP contribution in [0.1, 0.15) is 29.3 Å². The number of anilines is 1. The van der Waals surface area contributed by atoms with E-state index in [0.29, 0.717) is 18.9 Å².